The largest absolute Gasteiger partial charge is 0.496 e. The van der Waals surface area contributed by atoms with E-state index in [1.165, 1.54) is 19.3 Å². The Labute approximate surface area is 141 Å². The summed E-state index contributed by atoms with van der Waals surface area (Å²) in [6, 6.07) is 6.45. The van der Waals surface area contributed by atoms with Gasteiger partial charge in [0.1, 0.15) is 5.75 Å². The molecule has 1 aromatic carbocycles. The summed E-state index contributed by atoms with van der Waals surface area (Å²) < 4.78 is 6.15. The smallest absolute Gasteiger partial charge is 0.234 e. The number of ether oxygens (including phenoxy) is 1. The van der Waals surface area contributed by atoms with Gasteiger partial charge in [-0.3, -0.25) is 4.79 Å². The summed E-state index contributed by atoms with van der Waals surface area (Å²) in [7, 11) is 1.65. The van der Waals surface area contributed by atoms with E-state index >= 15 is 0 Å². The average molecular weight is 369 g/mol. The molecule has 1 aliphatic rings. The Balaban J connectivity index is 1.80. The first-order valence-electron chi connectivity index (χ1n) is 7.96. The van der Waals surface area contributed by atoms with E-state index in [9.17, 15) is 4.79 Å². The quantitative estimate of drug-likeness (QED) is 0.806. The van der Waals surface area contributed by atoms with Crippen LogP contribution in [0.2, 0.25) is 0 Å². The summed E-state index contributed by atoms with van der Waals surface area (Å²) in [5.74, 6) is 0.900. The average Bonchev–Trinajstić information content (AvgIpc) is 2.53. The lowest BCUT2D eigenvalue weighted by Gasteiger charge is -2.23. The molecule has 22 heavy (non-hydrogen) atoms. The van der Waals surface area contributed by atoms with E-state index < -0.39 is 0 Å². The van der Waals surface area contributed by atoms with Gasteiger partial charge in [0.05, 0.1) is 18.1 Å². The minimum absolute atomic E-state index is 0.0892. The van der Waals surface area contributed by atoms with Crippen molar-refractivity contribution in [1.29, 1.82) is 0 Å². The third-order valence-electron chi connectivity index (χ3n) is 4.21. The zero-order valence-corrected chi connectivity index (χ0v) is 14.9. The van der Waals surface area contributed by atoms with Crippen LogP contribution in [0.3, 0.4) is 0 Å². The Morgan fingerprint density at radius 3 is 2.73 bits per heavy atom. The second-order valence-corrected chi connectivity index (χ2v) is 6.75. The summed E-state index contributed by atoms with van der Waals surface area (Å²) in [4.78, 5) is 12.0. The van der Waals surface area contributed by atoms with Crippen LogP contribution in [0.5, 0.6) is 5.75 Å². The van der Waals surface area contributed by atoms with Crippen molar-refractivity contribution in [2.24, 2.45) is 0 Å². The lowest BCUT2D eigenvalue weighted by Crippen LogP contribution is -2.41. The van der Waals surface area contributed by atoms with Gasteiger partial charge in [0.2, 0.25) is 5.91 Å². The van der Waals surface area contributed by atoms with E-state index in [-0.39, 0.29) is 11.9 Å². The number of halogens is 1. The van der Waals surface area contributed by atoms with Crippen LogP contribution in [0, 0.1) is 0 Å². The molecule has 2 rings (SSSR count). The predicted octanol–water partition coefficient (Wildman–Crippen LogP) is 3.56. The van der Waals surface area contributed by atoms with Crippen molar-refractivity contribution in [3.63, 3.8) is 0 Å². The van der Waals surface area contributed by atoms with Gasteiger partial charge in [0.15, 0.2) is 0 Å². The first-order valence-corrected chi connectivity index (χ1v) is 8.75. The lowest BCUT2D eigenvalue weighted by molar-refractivity contribution is -0.121. The van der Waals surface area contributed by atoms with Crippen LogP contribution in [-0.4, -0.2) is 25.6 Å². The van der Waals surface area contributed by atoms with Crippen molar-refractivity contribution in [3.8, 4) is 5.75 Å². The van der Waals surface area contributed by atoms with Gasteiger partial charge in [-0.2, -0.15) is 0 Å². The molecule has 0 saturated heterocycles. The molecule has 1 aromatic rings. The van der Waals surface area contributed by atoms with Gasteiger partial charge < -0.3 is 15.4 Å². The molecular weight excluding hydrogens is 344 g/mol. The zero-order chi connectivity index (χ0) is 15.9. The predicted molar refractivity (Wildman–Crippen MR) is 92.1 cm³/mol. The molecule has 4 nitrogen and oxygen atoms in total. The molecule has 1 fully saturated rings. The lowest BCUT2D eigenvalue weighted by atomic mass is 9.95. The van der Waals surface area contributed by atoms with Crippen LogP contribution in [-0.2, 0) is 4.79 Å². The minimum Gasteiger partial charge on any atom is -0.496 e. The second-order valence-electron chi connectivity index (χ2n) is 5.90. The number of rotatable bonds is 6. The SMILES string of the molecule is COc1ccc([C@@H](C)NCC(=O)NC2CCCCC2)cc1Br. The summed E-state index contributed by atoms with van der Waals surface area (Å²) in [5.41, 5.74) is 1.12. The molecule has 1 aliphatic carbocycles. The Hall–Kier alpha value is -1.07. The van der Waals surface area contributed by atoms with Crippen LogP contribution < -0.4 is 15.4 Å². The molecule has 122 valence electrons. The van der Waals surface area contributed by atoms with E-state index in [2.05, 4.69) is 33.5 Å². The van der Waals surface area contributed by atoms with E-state index in [1.807, 2.05) is 18.2 Å². The molecule has 0 unspecified atom stereocenters. The van der Waals surface area contributed by atoms with Gasteiger partial charge in [-0.25, -0.2) is 0 Å². The van der Waals surface area contributed by atoms with Crippen molar-refractivity contribution >= 4 is 21.8 Å². The zero-order valence-electron chi connectivity index (χ0n) is 13.3. The van der Waals surface area contributed by atoms with E-state index in [0.29, 0.717) is 12.6 Å². The number of carbonyl (C=O) groups is 1. The minimum atomic E-state index is 0.0892. The van der Waals surface area contributed by atoms with Gasteiger partial charge in [0.25, 0.3) is 0 Å². The summed E-state index contributed by atoms with van der Waals surface area (Å²) in [6.45, 7) is 2.41. The summed E-state index contributed by atoms with van der Waals surface area (Å²) >= 11 is 3.49. The van der Waals surface area contributed by atoms with Gasteiger partial charge in [0, 0.05) is 12.1 Å². The Morgan fingerprint density at radius 1 is 1.36 bits per heavy atom. The molecule has 0 aromatic heterocycles. The third-order valence-corrected chi connectivity index (χ3v) is 4.83. The molecular formula is C17H25BrN2O2. The molecule has 0 aliphatic heterocycles. The number of benzene rings is 1. The van der Waals surface area contributed by atoms with E-state index in [4.69, 9.17) is 4.74 Å². The van der Waals surface area contributed by atoms with Crippen LogP contribution in [0.1, 0.15) is 50.6 Å². The maximum atomic E-state index is 12.0. The van der Waals surface area contributed by atoms with E-state index in [1.54, 1.807) is 7.11 Å². The molecule has 1 atom stereocenters. The van der Waals surface area contributed by atoms with Crippen molar-refractivity contribution in [2.45, 2.75) is 51.1 Å². The standard InChI is InChI=1S/C17H25BrN2O2/c1-12(13-8-9-16(22-2)15(18)10-13)19-11-17(21)20-14-6-4-3-5-7-14/h8-10,12,14,19H,3-7,11H2,1-2H3,(H,20,21)/t12-/m1/s1. The molecule has 2 N–H and O–H groups in total. The number of hydrogen-bond donors (Lipinski definition) is 2. The van der Waals surface area contributed by atoms with Crippen molar-refractivity contribution in [1.82, 2.24) is 10.6 Å². The maximum Gasteiger partial charge on any atom is 0.234 e. The summed E-state index contributed by atoms with van der Waals surface area (Å²) in [5, 5.41) is 6.40. The number of amides is 1. The Kier molecular flexibility index (Phi) is 6.70. The number of nitrogens with one attached hydrogen (secondary N) is 2. The topological polar surface area (TPSA) is 50.4 Å². The molecule has 0 heterocycles. The first kappa shape index (κ1) is 17.3. The van der Waals surface area contributed by atoms with Crippen LogP contribution >= 0.6 is 15.9 Å². The monoisotopic (exact) mass is 368 g/mol. The fourth-order valence-electron chi connectivity index (χ4n) is 2.84. The Morgan fingerprint density at radius 2 is 2.09 bits per heavy atom. The van der Waals surface area contributed by atoms with E-state index in [0.717, 1.165) is 28.6 Å². The van der Waals surface area contributed by atoms with Crippen molar-refractivity contribution in [3.05, 3.63) is 28.2 Å². The number of methoxy groups -OCH3 is 1. The van der Waals surface area contributed by atoms with Crippen LogP contribution in [0.15, 0.2) is 22.7 Å². The molecule has 1 amide bonds. The normalized spacial score (nSPS) is 17.0. The highest BCUT2D eigenvalue weighted by molar-refractivity contribution is 9.10. The van der Waals surface area contributed by atoms with Crippen molar-refractivity contribution in [2.75, 3.05) is 13.7 Å². The molecule has 5 heteroatoms. The highest BCUT2D eigenvalue weighted by Gasteiger charge is 2.16. The highest BCUT2D eigenvalue weighted by atomic mass is 79.9. The molecule has 0 spiro atoms. The van der Waals surface area contributed by atoms with Gasteiger partial charge in [-0.1, -0.05) is 25.3 Å². The van der Waals surface area contributed by atoms with Crippen LogP contribution in [0.4, 0.5) is 0 Å². The maximum absolute atomic E-state index is 12.0. The first-order chi connectivity index (χ1) is 10.6. The second kappa shape index (κ2) is 8.53. The van der Waals surface area contributed by atoms with Crippen molar-refractivity contribution < 1.29 is 9.53 Å². The number of carbonyl (C=O) groups excluding carboxylic acids is 1. The fourth-order valence-corrected chi connectivity index (χ4v) is 3.40. The molecule has 0 radical (unpaired) electrons. The molecule has 1 saturated carbocycles. The van der Waals surface area contributed by atoms with Gasteiger partial charge >= 0.3 is 0 Å². The number of hydrogen-bond acceptors (Lipinski definition) is 3. The fraction of sp³-hybridized carbons (Fsp3) is 0.588. The third kappa shape index (κ3) is 4.99. The van der Waals surface area contributed by atoms with Crippen LogP contribution in [0.25, 0.3) is 0 Å². The van der Waals surface area contributed by atoms with Gasteiger partial charge in [-0.05, 0) is 53.4 Å². The Bertz CT molecular complexity index is 501. The van der Waals surface area contributed by atoms with Gasteiger partial charge in [-0.15, -0.1) is 0 Å². The molecule has 0 bridgehead atoms. The highest BCUT2D eigenvalue weighted by Crippen LogP contribution is 2.27. The summed E-state index contributed by atoms with van der Waals surface area (Å²) in [6.07, 6.45) is 6.00.